The van der Waals surface area contributed by atoms with E-state index >= 15 is 0 Å². The van der Waals surface area contributed by atoms with Crippen LogP contribution in [0.15, 0.2) is 84.9 Å². The number of amides is 3. The number of halogens is 1. The van der Waals surface area contributed by atoms with Crippen LogP contribution in [-0.2, 0) is 14.4 Å². The van der Waals surface area contributed by atoms with Crippen LogP contribution in [0.25, 0.3) is 0 Å². The van der Waals surface area contributed by atoms with Crippen molar-refractivity contribution in [3.05, 3.63) is 102 Å². The van der Waals surface area contributed by atoms with Crippen molar-refractivity contribution >= 4 is 23.4 Å². The largest absolute Gasteiger partial charge is 0.353 e. The molecule has 40 heavy (non-hydrogen) atoms. The smallest absolute Gasteiger partial charge is 0.243 e. The molecule has 0 spiro atoms. The Morgan fingerprint density at radius 1 is 0.850 bits per heavy atom. The van der Waals surface area contributed by atoms with Gasteiger partial charge in [0.1, 0.15) is 11.9 Å². The van der Waals surface area contributed by atoms with Crippen LogP contribution in [0.3, 0.4) is 0 Å². The summed E-state index contributed by atoms with van der Waals surface area (Å²) in [6.07, 6.45) is -0.168. The van der Waals surface area contributed by atoms with Gasteiger partial charge in [0.05, 0.1) is 19.0 Å². The number of nitrogens with one attached hydrogen (secondary N) is 2. The van der Waals surface area contributed by atoms with Crippen LogP contribution in [0.2, 0.25) is 0 Å². The van der Waals surface area contributed by atoms with Gasteiger partial charge < -0.3 is 15.5 Å². The lowest BCUT2D eigenvalue weighted by atomic mass is 9.96. The van der Waals surface area contributed by atoms with Crippen LogP contribution in [0.1, 0.15) is 23.6 Å². The normalized spacial score (nSPS) is 18.4. The first-order valence-corrected chi connectivity index (χ1v) is 13.7. The summed E-state index contributed by atoms with van der Waals surface area (Å²) in [5, 5.41) is 5.44. The van der Waals surface area contributed by atoms with E-state index in [1.165, 1.54) is 40.3 Å². The van der Waals surface area contributed by atoms with Gasteiger partial charge in [-0.25, -0.2) is 4.39 Å². The van der Waals surface area contributed by atoms with Crippen LogP contribution in [0.5, 0.6) is 0 Å². The monoisotopic (exact) mass is 543 g/mol. The van der Waals surface area contributed by atoms with E-state index in [1.54, 1.807) is 0 Å². The molecule has 2 aliphatic rings. The Balaban J connectivity index is 1.19. The standard InChI is InChI=1S/C31H34FN5O3/c32-25-11-13-26(14-12-25)34-28(38)21-27-31(40)33-15-16-37(27)29(39)22-35-17-19-36(20-18-35)30(23-7-3-1-4-8-23)24-9-5-2-6-10-24/h1-14,27,30H,15-22H2,(H,33,40)(H,34,38)/t27-/m0/s1. The molecule has 9 heteroatoms. The summed E-state index contributed by atoms with van der Waals surface area (Å²) in [4.78, 5) is 44.8. The van der Waals surface area contributed by atoms with Crippen molar-refractivity contribution in [2.24, 2.45) is 0 Å². The van der Waals surface area contributed by atoms with Crippen LogP contribution in [0, 0.1) is 5.82 Å². The van der Waals surface area contributed by atoms with Gasteiger partial charge in [-0.15, -0.1) is 0 Å². The van der Waals surface area contributed by atoms with Crippen molar-refractivity contribution in [2.75, 3.05) is 51.1 Å². The average molecular weight is 544 g/mol. The molecule has 208 valence electrons. The molecule has 0 bridgehead atoms. The fraction of sp³-hybridized carbons (Fsp3) is 0.323. The second-order valence-corrected chi connectivity index (χ2v) is 10.2. The van der Waals surface area contributed by atoms with Gasteiger partial charge in [0.15, 0.2) is 0 Å². The Hall–Kier alpha value is -4.08. The number of hydrogen-bond donors (Lipinski definition) is 2. The van der Waals surface area contributed by atoms with E-state index in [1.807, 2.05) is 12.1 Å². The highest BCUT2D eigenvalue weighted by Crippen LogP contribution is 2.29. The van der Waals surface area contributed by atoms with Gasteiger partial charge in [0.2, 0.25) is 17.7 Å². The van der Waals surface area contributed by atoms with E-state index in [0.29, 0.717) is 18.8 Å². The van der Waals surface area contributed by atoms with Gasteiger partial charge >= 0.3 is 0 Å². The summed E-state index contributed by atoms with van der Waals surface area (Å²) in [5.74, 6) is -1.32. The fourth-order valence-corrected chi connectivity index (χ4v) is 5.48. The Kier molecular flexibility index (Phi) is 8.83. The molecule has 1 atom stereocenters. The average Bonchev–Trinajstić information content (AvgIpc) is 2.97. The lowest BCUT2D eigenvalue weighted by molar-refractivity contribution is -0.145. The highest BCUT2D eigenvalue weighted by atomic mass is 19.1. The number of carbonyl (C=O) groups excluding carboxylic acids is 3. The molecule has 0 saturated carbocycles. The van der Waals surface area contributed by atoms with E-state index < -0.39 is 17.8 Å². The van der Waals surface area contributed by atoms with Crippen molar-refractivity contribution in [3.63, 3.8) is 0 Å². The highest BCUT2D eigenvalue weighted by Gasteiger charge is 2.36. The third kappa shape index (κ3) is 6.73. The second-order valence-electron chi connectivity index (χ2n) is 10.2. The summed E-state index contributed by atoms with van der Waals surface area (Å²) in [5.41, 5.74) is 2.90. The number of rotatable bonds is 8. The summed E-state index contributed by atoms with van der Waals surface area (Å²) in [6, 6.07) is 25.6. The number of hydrogen-bond acceptors (Lipinski definition) is 5. The molecule has 2 N–H and O–H groups in total. The van der Waals surface area contributed by atoms with Crippen LogP contribution >= 0.6 is 0 Å². The fourth-order valence-electron chi connectivity index (χ4n) is 5.48. The maximum atomic E-state index is 13.4. The van der Waals surface area contributed by atoms with E-state index in [0.717, 1.165) is 26.2 Å². The Labute approximate surface area is 233 Å². The molecule has 3 amide bonds. The van der Waals surface area contributed by atoms with Crippen molar-refractivity contribution < 1.29 is 18.8 Å². The summed E-state index contributed by atoms with van der Waals surface area (Å²) in [7, 11) is 0. The van der Waals surface area contributed by atoms with Crippen LogP contribution in [0.4, 0.5) is 10.1 Å². The van der Waals surface area contributed by atoms with Gasteiger partial charge in [0, 0.05) is 45.0 Å². The molecule has 2 aliphatic heterocycles. The maximum Gasteiger partial charge on any atom is 0.243 e. The van der Waals surface area contributed by atoms with Crippen molar-refractivity contribution in [1.82, 2.24) is 20.0 Å². The third-order valence-corrected chi connectivity index (χ3v) is 7.52. The van der Waals surface area contributed by atoms with Gasteiger partial charge in [-0.3, -0.25) is 24.2 Å². The molecule has 3 aromatic rings. The number of anilines is 1. The summed E-state index contributed by atoms with van der Waals surface area (Å²) < 4.78 is 13.2. The minimum atomic E-state index is -0.886. The Morgan fingerprint density at radius 3 is 2.05 bits per heavy atom. The number of carbonyl (C=O) groups is 3. The molecule has 0 aliphatic carbocycles. The quantitative estimate of drug-likeness (QED) is 0.457. The maximum absolute atomic E-state index is 13.4. The minimum Gasteiger partial charge on any atom is -0.353 e. The van der Waals surface area contributed by atoms with Crippen molar-refractivity contribution in [3.8, 4) is 0 Å². The van der Waals surface area contributed by atoms with Crippen molar-refractivity contribution in [2.45, 2.75) is 18.5 Å². The van der Waals surface area contributed by atoms with E-state index in [4.69, 9.17) is 0 Å². The predicted molar refractivity (Wildman–Crippen MR) is 151 cm³/mol. The SMILES string of the molecule is O=C(C[C@H]1C(=O)NCCN1C(=O)CN1CCN(C(c2ccccc2)c2ccccc2)CC1)Nc1ccc(F)cc1. The molecule has 5 rings (SSSR count). The zero-order valence-electron chi connectivity index (χ0n) is 22.3. The lowest BCUT2D eigenvalue weighted by Gasteiger charge is -2.41. The number of piperazine rings is 2. The molecule has 2 fully saturated rings. The summed E-state index contributed by atoms with van der Waals surface area (Å²) in [6.45, 7) is 3.93. The molecule has 0 radical (unpaired) electrons. The predicted octanol–water partition coefficient (Wildman–Crippen LogP) is 2.89. The molecular weight excluding hydrogens is 509 g/mol. The first kappa shape index (κ1) is 27.5. The zero-order valence-corrected chi connectivity index (χ0v) is 22.3. The van der Waals surface area contributed by atoms with Gasteiger partial charge in [-0.1, -0.05) is 60.7 Å². The molecular formula is C31H34FN5O3. The lowest BCUT2D eigenvalue weighted by Crippen LogP contribution is -2.60. The van der Waals surface area contributed by atoms with Gasteiger partial charge in [0.25, 0.3) is 0 Å². The van der Waals surface area contributed by atoms with E-state index in [9.17, 15) is 18.8 Å². The molecule has 0 aromatic heterocycles. The zero-order chi connectivity index (χ0) is 27.9. The molecule has 8 nitrogen and oxygen atoms in total. The van der Waals surface area contributed by atoms with Crippen molar-refractivity contribution in [1.29, 1.82) is 0 Å². The Morgan fingerprint density at radius 2 is 1.45 bits per heavy atom. The molecule has 2 saturated heterocycles. The first-order chi connectivity index (χ1) is 19.5. The van der Waals surface area contributed by atoms with Crippen LogP contribution < -0.4 is 10.6 Å². The van der Waals surface area contributed by atoms with E-state index in [-0.39, 0.29) is 30.8 Å². The number of nitrogens with zero attached hydrogens (tertiary/aromatic N) is 3. The van der Waals surface area contributed by atoms with Crippen LogP contribution in [-0.4, -0.2) is 84.3 Å². The topological polar surface area (TPSA) is 85.0 Å². The second kappa shape index (κ2) is 12.8. The highest BCUT2D eigenvalue weighted by molar-refractivity contribution is 5.97. The Bertz CT molecular complexity index is 1260. The van der Waals surface area contributed by atoms with Gasteiger partial charge in [-0.05, 0) is 35.4 Å². The van der Waals surface area contributed by atoms with Gasteiger partial charge in [-0.2, -0.15) is 0 Å². The summed E-state index contributed by atoms with van der Waals surface area (Å²) >= 11 is 0. The van der Waals surface area contributed by atoms with E-state index in [2.05, 4.69) is 69.0 Å². The number of benzene rings is 3. The minimum absolute atomic E-state index is 0.134. The molecule has 0 unspecified atom stereocenters. The first-order valence-electron chi connectivity index (χ1n) is 13.7. The molecule has 3 aromatic carbocycles. The molecule has 2 heterocycles. The third-order valence-electron chi connectivity index (χ3n) is 7.52.